The molecular weight excluding hydrogens is 329 g/mol. The topological polar surface area (TPSA) is 0 Å². The van der Waals surface area contributed by atoms with E-state index in [0.29, 0.717) is 12.0 Å². The molecule has 0 bridgehead atoms. The predicted octanol–water partition coefficient (Wildman–Crippen LogP) is 5.04. The highest BCUT2D eigenvalue weighted by atomic mass is 127. The molecule has 0 aromatic carbocycles. The van der Waals surface area contributed by atoms with E-state index in [4.69, 9.17) is 11.6 Å². The Balaban J connectivity index is 3.07. The summed E-state index contributed by atoms with van der Waals surface area (Å²) in [5.74, 6) is 0. The van der Waals surface area contributed by atoms with E-state index in [-0.39, 0.29) is 13.8 Å². The molecule has 1 aromatic rings. The van der Waals surface area contributed by atoms with E-state index in [1.54, 1.807) is 5.38 Å². The van der Waals surface area contributed by atoms with Crippen LogP contribution in [0.4, 0.5) is 8.78 Å². The van der Waals surface area contributed by atoms with Crippen molar-refractivity contribution in [3.8, 4) is 0 Å². The maximum absolute atomic E-state index is 12.5. The van der Waals surface area contributed by atoms with Crippen LogP contribution in [-0.4, -0.2) is 0 Å². The molecule has 13 heavy (non-hydrogen) atoms. The van der Waals surface area contributed by atoms with Crippen LogP contribution in [0, 0.1) is 6.92 Å². The number of thiophene rings is 1. The quantitative estimate of drug-likeness (QED) is 0.536. The summed E-state index contributed by atoms with van der Waals surface area (Å²) in [5.41, 5.74) is 0.607. The second-order valence-electron chi connectivity index (χ2n) is 2.44. The molecule has 5 heteroatoms. The van der Waals surface area contributed by atoms with Gasteiger partial charge in [-0.1, -0.05) is 41.1 Å². The fourth-order valence-electron chi connectivity index (χ4n) is 0.965. The molecule has 1 heterocycles. The Morgan fingerprint density at radius 3 is 2.69 bits per heavy atom. The van der Waals surface area contributed by atoms with E-state index < -0.39 is 6.43 Å². The van der Waals surface area contributed by atoms with E-state index in [1.165, 1.54) is 0 Å². The van der Waals surface area contributed by atoms with Gasteiger partial charge in [0.1, 0.15) is 4.34 Å². The first kappa shape index (κ1) is 11.7. The summed E-state index contributed by atoms with van der Waals surface area (Å²) in [6.45, 7) is 3.68. The molecule has 0 N–H and O–H groups in total. The summed E-state index contributed by atoms with van der Waals surface area (Å²) in [5, 5.41) is 1.69. The third-order valence-electron chi connectivity index (χ3n) is 1.62. The van der Waals surface area contributed by atoms with Gasteiger partial charge in [-0.2, -0.15) is 0 Å². The number of rotatable bonds is 3. The highest BCUT2D eigenvalue weighted by Crippen LogP contribution is 2.41. The summed E-state index contributed by atoms with van der Waals surface area (Å²) in [4.78, 5) is 0. The van der Waals surface area contributed by atoms with Crippen molar-refractivity contribution in [3.63, 3.8) is 0 Å². The van der Waals surface area contributed by atoms with Gasteiger partial charge in [-0.3, -0.25) is 0 Å². The van der Waals surface area contributed by atoms with Crippen LogP contribution in [-0.2, 0) is 0 Å². The molecule has 0 aliphatic heterocycles. The summed E-state index contributed by atoms with van der Waals surface area (Å²) < 4.78 is 25.2. The monoisotopic (exact) mass is 335 g/mol. The average Bonchev–Trinajstić information content (AvgIpc) is 2.45. The van der Waals surface area contributed by atoms with Gasteiger partial charge in [-0.25, -0.2) is 8.78 Å². The minimum absolute atomic E-state index is 0.0188. The van der Waals surface area contributed by atoms with Crippen molar-refractivity contribution < 1.29 is 8.78 Å². The Morgan fingerprint density at radius 2 is 2.23 bits per heavy atom. The summed E-state index contributed by atoms with van der Waals surface area (Å²) >= 11 is 8.91. The average molecular weight is 336 g/mol. The van der Waals surface area contributed by atoms with E-state index in [2.05, 4.69) is 29.5 Å². The molecule has 0 spiro atoms. The third kappa shape index (κ3) is 2.53. The van der Waals surface area contributed by atoms with Crippen molar-refractivity contribution in [2.75, 3.05) is 0 Å². The first-order valence-corrected chi connectivity index (χ1v) is 6.06. The minimum Gasteiger partial charge on any atom is -0.205 e. The van der Waals surface area contributed by atoms with E-state index in [0.717, 1.165) is 11.3 Å². The van der Waals surface area contributed by atoms with Crippen LogP contribution in [0.15, 0.2) is 5.38 Å². The van der Waals surface area contributed by atoms with Crippen LogP contribution >= 0.6 is 45.5 Å². The first-order valence-electron chi connectivity index (χ1n) is 3.56. The standard InChI is InChI=1S/C8H7ClF2IS/c1-2-5(12)4-3-13-7(9)6(4)8(10)11/h3,5,8H,1-2H2. The summed E-state index contributed by atoms with van der Waals surface area (Å²) in [6, 6.07) is 0. The van der Waals surface area contributed by atoms with Crippen LogP contribution in [0.5, 0.6) is 0 Å². The highest BCUT2D eigenvalue weighted by molar-refractivity contribution is 14.1. The Kier molecular flexibility index (Phi) is 4.38. The van der Waals surface area contributed by atoms with Gasteiger partial charge in [-0.15, -0.1) is 11.3 Å². The zero-order chi connectivity index (χ0) is 10.0. The molecule has 0 amide bonds. The fourth-order valence-corrected chi connectivity index (χ4v) is 2.91. The predicted molar refractivity (Wildman–Crippen MR) is 61.0 cm³/mol. The fraction of sp³-hybridized carbons (Fsp3) is 0.375. The van der Waals surface area contributed by atoms with Crippen molar-refractivity contribution in [2.24, 2.45) is 0 Å². The molecule has 0 aliphatic rings. The Labute approximate surface area is 98.4 Å². The van der Waals surface area contributed by atoms with Gasteiger partial charge in [0.25, 0.3) is 6.43 Å². The number of alkyl halides is 3. The molecule has 0 nitrogen and oxygen atoms in total. The Morgan fingerprint density at radius 1 is 1.62 bits per heavy atom. The normalized spacial score (nSPS) is 13.7. The van der Waals surface area contributed by atoms with Gasteiger partial charge in [0.15, 0.2) is 0 Å². The molecule has 1 unspecified atom stereocenters. The van der Waals surface area contributed by atoms with Gasteiger partial charge in [0, 0.05) is 3.92 Å². The van der Waals surface area contributed by atoms with Crippen LogP contribution in [0.2, 0.25) is 4.34 Å². The van der Waals surface area contributed by atoms with Gasteiger partial charge < -0.3 is 0 Å². The maximum atomic E-state index is 12.5. The SMILES string of the molecule is [CH2]CC(I)c1csc(Cl)c1C(F)F. The molecule has 0 aliphatic carbocycles. The van der Waals surface area contributed by atoms with Crippen molar-refractivity contribution in [1.29, 1.82) is 0 Å². The second kappa shape index (κ2) is 4.89. The highest BCUT2D eigenvalue weighted by Gasteiger charge is 2.22. The minimum atomic E-state index is -2.49. The summed E-state index contributed by atoms with van der Waals surface area (Å²) in [6.07, 6.45) is -1.90. The maximum Gasteiger partial charge on any atom is 0.266 e. The van der Waals surface area contributed by atoms with Crippen LogP contribution < -0.4 is 0 Å². The van der Waals surface area contributed by atoms with Crippen molar-refractivity contribution >= 4 is 45.5 Å². The molecule has 1 aromatic heterocycles. The van der Waals surface area contributed by atoms with E-state index in [1.807, 2.05) is 0 Å². The lowest BCUT2D eigenvalue weighted by molar-refractivity contribution is 0.151. The molecule has 1 radical (unpaired) electrons. The van der Waals surface area contributed by atoms with Crippen LogP contribution in [0.25, 0.3) is 0 Å². The van der Waals surface area contributed by atoms with Gasteiger partial charge >= 0.3 is 0 Å². The number of hydrogen-bond acceptors (Lipinski definition) is 1. The van der Waals surface area contributed by atoms with Gasteiger partial charge in [-0.05, 0) is 17.4 Å². The molecule has 1 atom stereocenters. The molecule has 73 valence electrons. The third-order valence-corrected chi connectivity index (χ3v) is 4.18. The summed E-state index contributed by atoms with van der Waals surface area (Å²) in [7, 11) is 0. The largest absolute Gasteiger partial charge is 0.266 e. The number of halogens is 4. The van der Waals surface area contributed by atoms with Gasteiger partial charge in [0.05, 0.1) is 5.56 Å². The first-order chi connectivity index (χ1) is 6.07. The lowest BCUT2D eigenvalue weighted by atomic mass is 10.1. The Hall–Kier alpha value is 0.580. The lowest BCUT2D eigenvalue weighted by Crippen LogP contribution is -1.92. The molecule has 0 saturated heterocycles. The van der Waals surface area contributed by atoms with Crippen molar-refractivity contribution in [3.05, 3.63) is 27.8 Å². The van der Waals surface area contributed by atoms with E-state index >= 15 is 0 Å². The lowest BCUT2D eigenvalue weighted by Gasteiger charge is -2.08. The zero-order valence-electron chi connectivity index (χ0n) is 6.57. The second-order valence-corrected chi connectivity index (χ2v) is 5.42. The molecule has 0 fully saturated rings. The van der Waals surface area contributed by atoms with E-state index in [9.17, 15) is 8.78 Å². The van der Waals surface area contributed by atoms with Gasteiger partial charge in [0.2, 0.25) is 0 Å². The van der Waals surface area contributed by atoms with Crippen molar-refractivity contribution in [1.82, 2.24) is 0 Å². The Bertz CT molecular complexity index is 288. The van der Waals surface area contributed by atoms with Crippen molar-refractivity contribution in [2.45, 2.75) is 16.8 Å². The molecular formula is C8H7ClF2IS. The molecule has 0 saturated carbocycles. The molecule has 1 rings (SSSR count). The smallest absolute Gasteiger partial charge is 0.205 e. The van der Waals surface area contributed by atoms with Crippen LogP contribution in [0.3, 0.4) is 0 Å². The van der Waals surface area contributed by atoms with Crippen LogP contribution in [0.1, 0.15) is 27.9 Å². The number of hydrogen-bond donors (Lipinski definition) is 0. The zero-order valence-corrected chi connectivity index (χ0v) is 10.3.